The van der Waals surface area contributed by atoms with Crippen molar-refractivity contribution in [2.75, 3.05) is 6.54 Å². The highest BCUT2D eigenvalue weighted by atomic mass is 14.5. The SMILES string of the molecule is CC(C)(CCN)c1ccc2c(c1)C(C)(C)CCC2(C)C. The van der Waals surface area contributed by atoms with Gasteiger partial charge in [-0.15, -0.1) is 0 Å². The molecule has 0 heterocycles. The fourth-order valence-electron chi connectivity index (χ4n) is 3.51. The predicted molar refractivity (Wildman–Crippen MR) is 88.4 cm³/mol. The monoisotopic (exact) mass is 273 g/mol. The molecule has 1 aromatic rings. The summed E-state index contributed by atoms with van der Waals surface area (Å²) in [7, 11) is 0. The molecule has 1 aromatic carbocycles. The van der Waals surface area contributed by atoms with Crippen molar-refractivity contribution in [3.8, 4) is 0 Å². The fourth-order valence-corrected chi connectivity index (χ4v) is 3.51. The van der Waals surface area contributed by atoms with Crippen LogP contribution in [0.15, 0.2) is 18.2 Å². The summed E-state index contributed by atoms with van der Waals surface area (Å²) in [6.45, 7) is 14.9. The Bertz CT molecular complexity index is 494. The first kappa shape index (κ1) is 15.6. The van der Waals surface area contributed by atoms with Gasteiger partial charge in [-0.1, -0.05) is 59.7 Å². The van der Waals surface area contributed by atoms with Crippen LogP contribution in [0.3, 0.4) is 0 Å². The van der Waals surface area contributed by atoms with Gasteiger partial charge in [-0.25, -0.2) is 0 Å². The number of hydrogen-bond acceptors (Lipinski definition) is 1. The molecule has 1 aliphatic rings. The molecule has 0 fully saturated rings. The van der Waals surface area contributed by atoms with E-state index in [0.29, 0.717) is 10.8 Å². The van der Waals surface area contributed by atoms with Gasteiger partial charge in [0.05, 0.1) is 0 Å². The summed E-state index contributed by atoms with van der Waals surface area (Å²) in [4.78, 5) is 0. The van der Waals surface area contributed by atoms with Crippen LogP contribution in [0.5, 0.6) is 0 Å². The molecule has 0 bridgehead atoms. The van der Waals surface area contributed by atoms with Crippen molar-refractivity contribution in [1.29, 1.82) is 0 Å². The summed E-state index contributed by atoms with van der Waals surface area (Å²) in [5.74, 6) is 0. The third-order valence-corrected chi connectivity index (χ3v) is 5.40. The van der Waals surface area contributed by atoms with Gasteiger partial charge >= 0.3 is 0 Å². The van der Waals surface area contributed by atoms with E-state index in [4.69, 9.17) is 5.73 Å². The van der Waals surface area contributed by atoms with Crippen LogP contribution in [-0.4, -0.2) is 6.54 Å². The van der Waals surface area contributed by atoms with E-state index in [0.717, 1.165) is 13.0 Å². The standard InChI is InChI=1S/C19H31N/c1-17(2,11-12-20)14-7-8-15-16(13-14)19(5,6)10-9-18(15,3)4/h7-8,13H,9-12,20H2,1-6H3. The molecule has 0 atom stereocenters. The largest absolute Gasteiger partial charge is 0.330 e. The van der Waals surface area contributed by atoms with Crippen LogP contribution in [0.25, 0.3) is 0 Å². The highest BCUT2D eigenvalue weighted by Gasteiger charge is 2.37. The molecule has 0 aromatic heterocycles. The first-order valence-electron chi connectivity index (χ1n) is 7.96. The lowest BCUT2D eigenvalue weighted by Crippen LogP contribution is -2.34. The van der Waals surface area contributed by atoms with Crippen LogP contribution in [0.2, 0.25) is 0 Å². The van der Waals surface area contributed by atoms with E-state index in [-0.39, 0.29) is 5.41 Å². The van der Waals surface area contributed by atoms with Crippen LogP contribution in [-0.2, 0) is 16.2 Å². The van der Waals surface area contributed by atoms with Crippen LogP contribution >= 0.6 is 0 Å². The lowest BCUT2D eigenvalue weighted by molar-refractivity contribution is 0.330. The molecule has 2 rings (SSSR count). The van der Waals surface area contributed by atoms with E-state index < -0.39 is 0 Å². The minimum absolute atomic E-state index is 0.168. The Labute approximate surface area is 125 Å². The Morgan fingerprint density at radius 3 is 2.10 bits per heavy atom. The molecule has 0 unspecified atom stereocenters. The van der Waals surface area contributed by atoms with Gasteiger partial charge in [-0.3, -0.25) is 0 Å². The first-order valence-corrected chi connectivity index (χ1v) is 7.96. The highest BCUT2D eigenvalue weighted by molar-refractivity contribution is 5.45. The smallest absolute Gasteiger partial charge is 0.00690 e. The molecule has 1 nitrogen and oxygen atoms in total. The van der Waals surface area contributed by atoms with Gasteiger partial charge in [0.25, 0.3) is 0 Å². The van der Waals surface area contributed by atoms with Crippen molar-refractivity contribution in [2.24, 2.45) is 5.73 Å². The van der Waals surface area contributed by atoms with Gasteiger partial charge in [-0.2, -0.15) is 0 Å². The summed E-state index contributed by atoms with van der Waals surface area (Å²) in [6.07, 6.45) is 3.59. The Morgan fingerprint density at radius 2 is 1.55 bits per heavy atom. The summed E-state index contributed by atoms with van der Waals surface area (Å²) >= 11 is 0. The maximum absolute atomic E-state index is 5.79. The maximum Gasteiger partial charge on any atom is -0.00690 e. The van der Waals surface area contributed by atoms with Crippen LogP contribution in [0, 0.1) is 0 Å². The van der Waals surface area contributed by atoms with Crippen molar-refractivity contribution < 1.29 is 0 Å². The molecule has 0 radical (unpaired) electrons. The minimum atomic E-state index is 0.168. The van der Waals surface area contributed by atoms with Gasteiger partial charge in [-0.05, 0) is 58.7 Å². The van der Waals surface area contributed by atoms with Crippen molar-refractivity contribution in [2.45, 2.75) is 77.0 Å². The molecule has 20 heavy (non-hydrogen) atoms. The zero-order valence-corrected chi connectivity index (χ0v) is 14.1. The molecule has 0 saturated carbocycles. The second kappa shape index (κ2) is 4.87. The zero-order valence-electron chi connectivity index (χ0n) is 14.1. The Kier molecular flexibility index (Phi) is 3.79. The van der Waals surface area contributed by atoms with Crippen LogP contribution in [0.1, 0.15) is 77.5 Å². The molecule has 112 valence electrons. The van der Waals surface area contributed by atoms with E-state index in [2.05, 4.69) is 59.7 Å². The number of benzene rings is 1. The van der Waals surface area contributed by atoms with Gasteiger partial charge in [0.2, 0.25) is 0 Å². The maximum atomic E-state index is 5.79. The van der Waals surface area contributed by atoms with Crippen molar-refractivity contribution in [1.82, 2.24) is 0 Å². The van der Waals surface area contributed by atoms with E-state index >= 15 is 0 Å². The van der Waals surface area contributed by atoms with Gasteiger partial charge in [0, 0.05) is 0 Å². The summed E-state index contributed by atoms with van der Waals surface area (Å²) in [5.41, 5.74) is 11.1. The molecule has 1 aliphatic carbocycles. The molecular weight excluding hydrogens is 242 g/mol. The Morgan fingerprint density at radius 1 is 1.00 bits per heavy atom. The number of rotatable bonds is 3. The zero-order chi connectivity index (χ0) is 15.2. The molecule has 2 N–H and O–H groups in total. The minimum Gasteiger partial charge on any atom is -0.330 e. The van der Waals surface area contributed by atoms with E-state index in [1.54, 1.807) is 11.1 Å². The summed E-state index contributed by atoms with van der Waals surface area (Å²) in [6, 6.07) is 7.17. The number of hydrogen-bond donors (Lipinski definition) is 1. The molecular formula is C19H31N. The first-order chi connectivity index (χ1) is 9.10. The van der Waals surface area contributed by atoms with Crippen LogP contribution < -0.4 is 5.73 Å². The van der Waals surface area contributed by atoms with E-state index in [9.17, 15) is 0 Å². The average molecular weight is 273 g/mol. The lowest BCUT2D eigenvalue weighted by atomic mass is 9.62. The molecule has 0 spiro atoms. The average Bonchev–Trinajstić information content (AvgIpc) is 2.35. The van der Waals surface area contributed by atoms with Crippen molar-refractivity contribution >= 4 is 0 Å². The predicted octanol–water partition coefficient (Wildman–Crippen LogP) is 4.66. The van der Waals surface area contributed by atoms with Crippen molar-refractivity contribution in [3.63, 3.8) is 0 Å². The fraction of sp³-hybridized carbons (Fsp3) is 0.684. The molecule has 1 heteroatoms. The quantitative estimate of drug-likeness (QED) is 0.851. The van der Waals surface area contributed by atoms with E-state index in [1.165, 1.54) is 18.4 Å². The van der Waals surface area contributed by atoms with Gasteiger partial charge in [0.15, 0.2) is 0 Å². The Hall–Kier alpha value is -0.820. The van der Waals surface area contributed by atoms with E-state index in [1.807, 2.05) is 0 Å². The molecule has 0 aliphatic heterocycles. The summed E-state index contributed by atoms with van der Waals surface area (Å²) < 4.78 is 0. The molecule has 0 saturated heterocycles. The number of nitrogens with two attached hydrogens (primary N) is 1. The van der Waals surface area contributed by atoms with Crippen molar-refractivity contribution in [3.05, 3.63) is 34.9 Å². The Balaban J connectivity index is 2.54. The summed E-state index contributed by atoms with van der Waals surface area (Å²) in [5, 5.41) is 0. The highest BCUT2D eigenvalue weighted by Crippen LogP contribution is 2.46. The van der Waals surface area contributed by atoms with Gasteiger partial charge in [0.1, 0.15) is 0 Å². The number of fused-ring (bicyclic) bond motifs is 1. The topological polar surface area (TPSA) is 26.0 Å². The lowest BCUT2D eigenvalue weighted by Gasteiger charge is -2.42. The van der Waals surface area contributed by atoms with Gasteiger partial charge < -0.3 is 5.73 Å². The second-order valence-electron chi connectivity index (χ2n) is 8.45. The second-order valence-corrected chi connectivity index (χ2v) is 8.45. The molecule has 0 amide bonds. The normalized spacial score (nSPS) is 20.6. The van der Waals surface area contributed by atoms with Crippen LogP contribution in [0.4, 0.5) is 0 Å². The third kappa shape index (κ3) is 2.65. The third-order valence-electron chi connectivity index (χ3n) is 5.40.